The van der Waals surface area contributed by atoms with Crippen LogP contribution < -0.4 is 14.8 Å². The lowest BCUT2D eigenvalue weighted by molar-refractivity contribution is -0.137. The predicted octanol–water partition coefficient (Wildman–Crippen LogP) is 4.11. The van der Waals surface area contributed by atoms with E-state index < -0.39 is 5.91 Å². The number of rotatable bonds is 7. The van der Waals surface area contributed by atoms with E-state index in [0.717, 1.165) is 16.7 Å². The maximum atomic E-state index is 13.5. The van der Waals surface area contributed by atoms with Crippen LogP contribution in [0.5, 0.6) is 11.5 Å². The van der Waals surface area contributed by atoms with Gasteiger partial charge in [-0.05, 0) is 54.3 Å². The zero-order chi connectivity index (χ0) is 23.5. The number of imide groups is 1. The second-order valence-corrected chi connectivity index (χ2v) is 7.80. The van der Waals surface area contributed by atoms with Gasteiger partial charge in [0.1, 0.15) is 17.2 Å². The Labute approximate surface area is 192 Å². The van der Waals surface area contributed by atoms with E-state index in [1.165, 1.54) is 4.90 Å². The Morgan fingerprint density at radius 1 is 0.939 bits per heavy atom. The zero-order valence-electron chi connectivity index (χ0n) is 19.0. The lowest BCUT2D eigenvalue weighted by Gasteiger charge is -2.16. The highest BCUT2D eigenvalue weighted by Gasteiger charge is 2.39. The van der Waals surface area contributed by atoms with Gasteiger partial charge in [-0.2, -0.15) is 0 Å². The van der Waals surface area contributed by atoms with Gasteiger partial charge in [0, 0.05) is 18.5 Å². The molecule has 7 heteroatoms. The van der Waals surface area contributed by atoms with Crippen LogP contribution in [-0.2, 0) is 16.1 Å². The Bertz CT molecular complexity index is 1250. The highest BCUT2D eigenvalue weighted by Crippen LogP contribution is 2.36. The molecule has 0 aliphatic carbocycles. The Morgan fingerprint density at radius 3 is 2.42 bits per heavy atom. The molecule has 33 heavy (non-hydrogen) atoms. The second kappa shape index (κ2) is 9.16. The number of benzene rings is 2. The van der Waals surface area contributed by atoms with Crippen LogP contribution in [0.25, 0.3) is 5.57 Å². The monoisotopic (exact) mass is 443 g/mol. The maximum Gasteiger partial charge on any atom is 0.278 e. The molecule has 2 amide bonds. The molecule has 0 atom stereocenters. The van der Waals surface area contributed by atoms with Crippen LogP contribution in [0.2, 0.25) is 0 Å². The third kappa shape index (κ3) is 4.30. The molecule has 0 radical (unpaired) electrons. The van der Waals surface area contributed by atoms with Crippen LogP contribution in [0.4, 0.5) is 5.69 Å². The summed E-state index contributed by atoms with van der Waals surface area (Å²) >= 11 is 0. The van der Waals surface area contributed by atoms with E-state index in [9.17, 15) is 9.59 Å². The molecule has 3 aromatic rings. The van der Waals surface area contributed by atoms with Crippen LogP contribution in [0.15, 0.2) is 66.6 Å². The van der Waals surface area contributed by atoms with E-state index in [1.54, 1.807) is 50.9 Å². The number of carbonyl (C=O) groups excluding carboxylic acids is 2. The molecule has 2 aromatic carbocycles. The Balaban J connectivity index is 1.81. The van der Waals surface area contributed by atoms with Gasteiger partial charge in [-0.25, -0.2) is 0 Å². The van der Waals surface area contributed by atoms with E-state index in [0.29, 0.717) is 28.3 Å². The molecule has 0 saturated heterocycles. The lowest BCUT2D eigenvalue weighted by atomic mass is 9.99. The average Bonchev–Trinajstić information content (AvgIpc) is 3.05. The Hall–Kier alpha value is -4.13. The molecule has 168 valence electrons. The number of aryl methyl sites for hydroxylation is 2. The minimum Gasteiger partial charge on any atom is -0.497 e. The van der Waals surface area contributed by atoms with Crippen molar-refractivity contribution < 1.29 is 19.1 Å². The van der Waals surface area contributed by atoms with E-state index >= 15 is 0 Å². The smallest absolute Gasteiger partial charge is 0.278 e. The number of hydrogen-bond acceptors (Lipinski definition) is 6. The molecule has 0 saturated carbocycles. The van der Waals surface area contributed by atoms with Crippen molar-refractivity contribution in [1.82, 2.24) is 9.88 Å². The van der Waals surface area contributed by atoms with Crippen LogP contribution >= 0.6 is 0 Å². The fraction of sp³-hybridized carbons (Fsp3) is 0.192. The quantitative estimate of drug-likeness (QED) is 0.554. The number of aromatic nitrogens is 1. The summed E-state index contributed by atoms with van der Waals surface area (Å²) in [5.74, 6) is 0.336. The maximum absolute atomic E-state index is 13.5. The van der Waals surface area contributed by atoms with Crippen molar-refractivity contribution in [2.45, 2.75) is 20.4 Å². The van der Waals surface area contributed by atoms with Gasteiger partial charge in [0.15, 0.2) is 0 Å². The third-order valence-corrected chi connectivity index (χ3v) is 5.69. The van der Waals surface area contributed by atoms with Gasteiger partial charge in [0.05, 0.1) is 32.0 Å². The molecule has 1 N–H and O–H groups in total. The van der Waals surface area contributed by atoms with Gasteiger partial charge in [-0.1, -0.05) is 24.3 Å². The molecule has 0 unspecified atom stereocenters. The van der Waals surface area contributed by atoms with Crippen LogP contribution in [0, 0.1) is 13.8 Å². The normalized spacial score (nSPS) is 13.5. The summed E-state index contributed by atoms with van der Waals surface area (Å²) in [6, 6.07) is 14.6. The van der Waals surface area contributed by atoms with Crippen molar-refractivity contribution in [3.8, 4) is 11.5 Å². The fourth-order valence-corrected chi connectivity index (χ4v) is 3.72. The van der Waals surface area contributed by atoms with Crippen LogP contribution in [0.1, 0.15) is 22.3 Å². The lowest BCUT2D eigenvalue weighted by Crippen LogP contribution is -2.32. The third-order valence-electron chi connectivity index (χ3n) is 5.69. The Morgan fingerprint density at radius 2 is 1.76 bits per heavy atom. The standard InChI is InChI=1S/C26H25N3O4/c1-16-7-8-19(12-17(16)2)23-24(28-21-13-20(32-3)9-10-22(21)33-4)26(31)29(25(23)30)15-18-6-5-11-27-14-18/h5-14,28H,15H2,1-4H3. The summed E-state index contributed by atoms with van der Waals surface area (Å²) < 4.78 is 10.8. The molecule has 4 rings (SSSR count). The average molecular weight is 444 g/mol. The van der Waals surface area contributed by atoms with Crippen LogP contribution in [0.3, 0.4) is 0 Å². The minimum atomic E-state index is -0.415. The summed E-state index contributed by atoms with van der Waals surface area (Å²) in [4.78, 5) is 32.4. The predicted molar refractivity (Wildman–Crippen MR) is 126 cm³/mol. The summed E-state index contributed by atoms with van der Waals surface area (Å²) in [6.07, 6.45) is 3.30. The number of nitrogens with zero attached hydrogens (tertiary/aromatic N) is 2. The van der Waals surface area contributed by atoms with Gasteiger partial charge in [0.25, 0.3) is 11.8 Å². The van der Waals surface area contributed by atoms with Gasteiger partial charge >= 0.3 is 0 Å². The first-order chi connectivity index (χ1) is 15.9. The number of anilines is 1. The highest BCUT2D eigenvalue weighted by molar-refractivity contribution is 6.36. The number of ether oxygens (including phenoxy) is 2. The van der Waals surface area contributed by atoms with Crippen molar-refractivity contribution >= 4 is 23.1 Å². The molecular formula is C26H25N3O4. The Kier molecular flexibility index (Phi) is 6.13. The molecule has 7 nitrogen and oxygen atoms in total. The van der Waals surface area contributed by atoms with Crippen molar-refractivity contribution in [1.29, 1.82) is 0 Å². The summed E-state index contributed by atoms with van der Waals surface area (Å²) in [5.41, 5.74) is 4.61. The van der Waals surface area contributed by atoms with Crippen molar-refractivity contribution in [3.05, 3.63) is 88.9 Å². The SMILES string of the molecule is COc1ccc(OC)c(NC2=C(c3ccc(C)c(C)c3)C(=O)N(Cc3cccnc3)C2=O)c1. The van der Waals surface area contributed by atoms with E-state index in [4.69, 9.17) is 9.47 Å². The topological polar surface area (TPSA) is 80.8 Å². The first-order valence-corrected chi connectivity index (χ1v) is 10.5. The second-order valence-electron chi connectivity index (χ2n) is 7.80. The van der Waals surface area contributed by atoms with E-state index in [-0.39, 0.29) is 18.1 Å². The number of amides is 2. The summed E-state index contributed by atoms with van der Waals surface area (Å²) in [5, 5.41) is 3.16. The van der Waals surface area contributed by atoms with Gasteiger partial charge in [-0.15, -0.1) is 0 Å². The molecule has 2 heterocycles. The number of methoxy groups -OCH3 is 2. The number of carbonyl (C=O) groups is 2. The first-order valence-electron chi connectivity index (χ1n) is 10.5. The first kappa shape index (κ1) is 22.1. The van der Waals surface area contributed by atoms with Crippen molar-refractivity contribution in [2.24, 2.45) is 0 Å². The zero-order valence-corrected chi connectivity index (χ0v) is 19.0. The fourth-order valence-electron chi connectivity index (χ4n) is 3.72. The molecule has 0 bridgehead atoms. The van der Waals surface area contributed by atoms with Crippen molar-refractivity contribution in [3.63, 3.8) is 0 Å². The molecule has 1 aliphatic heterocycles. The van der Waals surface area contributed by atoms with E-state index in [1.807, 2.05) is 38.1 Å². The van der Waals surface area contributed by atoms with E-state index in [2.05, 4.69) is 10.3 Å². The summed E-state index contributed by atoms with van der Waals surface area (Å²) in [6.45, 7) is 4.11. The number of hydrogen-bond donors (Lipinski definition) is 1. The molecular weight excluding hydrogens is 418 g/mol. The number of pyridine rings is 1. The van der Waals surface area contributed by atoms with Gasteiger partial charge < -0.3 is 14.8 Å². The number of nitrogens with one attached hydrogen (secondary N) is 1. The molecule has 0 spiro atoms. The minimum absolute atomic E-state index is 0.125. The summed E-state index contributed by atoms with van der Waals surface area (Å²) in [7, 11) is 3.10. The molecule has 1 aromatic heterocycles. The highest BCUT2D eigenvalue weighted by atomic mass is 16.5. The molecule has 1 aliphatic rings. The largest absolute Gasteiger partial charge is 0.497 e. The van der Waals surface area contributed by atoms with Crippen molar-refractivity contribution in [2.75, 3.05) is 19.5 Å². The van der Waals surface area contributed by atoms with Crippen LogP contribution in [-0.4, -0.2) is 35.9 Å². The molecule has 0 fully saturated rings. The van der Waals surface area contributed by atoms with Gasteiger partial charge in [0.2, 0.25) is 0 Å². The van der Waals surface area contributed by atoms with Gasteiger partial charge in [-0.3, -0.25) is 19.5 Å².